The first-order valence-corrected chi connectivity index (χ1v) is 12.5. The van der Waals surface area contributed by atoms with E-state index in [9.17, 15) is 28.0 Å². The molecule has 0 radical (unpaired) electrons. The number of halogens is 3. The lowest BCUT2D eigenvalue weighted by Crippen LogP contribution is -2.48. The maximum Gasteiger partial charge on any atom is 0.322 e. The molecule has 2 heterocycles. The number of urea groups is 1. The third-order valence-corrected chi connectivity index (χ3v) is 7.44. The number of likely N-dealkylation sites (tertiary alicyclic amines) is 1. The van der Waals surface area contributed by atoms with Gasteiger partial charge in [0, 0.05) is 19.3 Å². The Kier molecular flexibility index (Phi) is 8.07. The van der Waals surface area contributed by atoms with Gasteiger partial charge in [0.1, 0.15) is 5.82 Å². The molecule has 0 aliphatic carbocycles. The molecule has 2 aliphatic heterocycles. The van der Waals surface area contributed by atoms with Gasteiger partial charge < -0.3 is 20.4 Å². The molecule has 2 N–H and O–H groups in total. The van der Waals surface area contributed by atoms with E-state index in [1.54, 1.807) is 19.1 Å². The van der Waals surface area contributed by atoms with Crippen molar-refractivity contribution in [1.29, 1.82) is 5.26 Å². The standard InChI is InChI=1S/C28H30F3N5O2/c1-18-24(25(35(2)27(38)34-18)19-4-9-22(30)23(31)16-19)26(37)33-12-3-13-36-14-10-28(17-32,11-15-36)20-5-7-21(29)8-6-20/h4-9,16,25H,3,10-15H2,1-2H3,(H,33,37)(H,34,38). The molecule has 4 rings (SSSR count). The van der Waals surface area contributed by atoms with Crippen molar-refractivity contribution in [3.63, 3.8) is 0 Å². The second kappa shape index (κ2) is 11.3. The van der Waals surface area contributed by atoms with E-state index in [1.807, 2.05) is 0 Å². The summed E-state index contributed by atoms with van der Waals surface area (Å²) in [7, 11) is 1.49. The fourth-order valence-corrected chi connectivity index (χ4v) is 5.19. The van der Waals surface area contributed by atoms with Crippen molar-refractivity contribution in [3.8, 4) is 6.07 Å². The van der Waals surface area contributed by atoms with Crippen LogP contribution in [0.3, 0.4) is 0 Å². The number of hydrogen-bond donors (Lipinski definition) is 2. The van der Waals surface area contributed by atoms with Gasteiger partial charge in [-0.2, -0.15) is 5.26 Å². The molecule has 2 aromatic carbocycles. The fourth-order valence-electron chi connectivity index (χ4n) is 5.19. The monoisotopic (exact) mass is 525 g/mol. The summed E-state index contributed by atoms with van der Waals surface area (Å²) in [6, 6.07) is 10.6. The van der Waals surface area contributed by atoms with E-state index < -0.39 is 35.0 Å². The van der Waals surface area contributed by atoms with Crippen LogP contribution in [0.5, 0.6) is 0 Å². The van der Waals surface area contributed by atoms with E-state index >= 15 is 0 Å². The maximum atomic E-state index is 13.9. The van der Waals surface area contributed by atoms with Crippen LogP contribution in [0, 0.1) is 28.8 Å². The van der Waals surface area contributed by atoms with Gasteiger partial charge in [0.05, 0.1) is 23.1 Å². The van der Waals surface area contributed by atoms with E-state index in [4.69, 9.17) is 0 Å². The Balaban J connectivity index is 1.34. The number of nitriles is 1. The van der Waals surface area contributed by atoms with Gasteiger partial charge in [-0.3, -0.25) is 4.79 Å². The van der Waals surface area contributed by atoms with Gasteiger partial charge in [-0.15, -0.1) is 0 Å². The Labute approximate surface area is 219 Å². The average Bonchev–Trinajstić information content (AvgIpc) is 2.91. The van der Waals surface area contributed by atoms with Crippen LogP contribution in [-0.2, 0) is 10.2 Å². The zero-order valence-corrected chi connectivity index (χ0v) is 21.4. The number of carbonyl (C=O) groups excluding carboxylic acids is 2. The van der Waals surface area contributed by atoms with Gasteiger partial charge in [0.15, 0.2) is 11.6 Å². The highest BCUT2D eigenvalue weighted by molar-refractivity contribution is 5.98. The molecule has 10 heteroatoms. The number of piperidine rings is 1. The Morgan fingerprint density at radius 2 is 1.82 bits per heavy atom. The summed E-state index contributed by atoms with van der Waals surface area (Å²) in [6.07, 6.45) is 1.93. The van der Waals surface area contributed by atoms with E-state index in [0.717, 1.165) is 17.7 Å². The number of benzene rings is 2. The molecule has 38 heavy (non-hydrogen) atoms. The van der Waals surface area contributed by atoms with Gasteiger partial charge in [-0.25, -0.2) is 18.0 Å². The normalized spacial score (nSPS) is 19.6. The number of hydrogen-bond acceptors (Lipinski definition) is 4. The van der Waals surface area contributed by atoms with E-state index in [0.29, 0.717) is 56.7 Å². The zero-order valence-electron chi connectivity index (χ0n) is 21.4. The molecule has 0 bridgehead atoms. The number of likely N-dealkylation sites (N-methyl/N-ethyl adjacent to an activating group) is 1. The Hall–Kier alpha value is -3.84. The first kappa shape index (κ1) is 27.2. The summed E-state index contributed by atoms with van der Waals surface area (Å²) in [5.41, 5.74) is 1.10. The molecule has 0 saturated carbocycles. The molecular formula is C28H30F3N5O2. The van der Waals surface area contributed by atoms with Crippen molar-refractivity contribution < 1.29 is 22.8 Å². The minimum absolute atomic E-state index is 0.259. The lowest BCUT2D eigenvalue weighted by molar-refractivity contribution is -0.118. The lowest BCUT2D eigenvalue weighted by atomic mass is 9.74. The van der Waals surface area contributed by atoms with Crippen molar-refractivity contribution in [3.05, 3.63) is 82.3 Å². The summed E-state index contributed by atoms with van der Waals surface area (Å²) in [4.78, 5) is 29.0. The van der Waals surface area contributed by atoms with Crippen LogP contribution in [0.25, 0.3) is 0 Å². The largest absolute Gasteiger partial charge is 0.352 e. The van der Waals surface area contributed by atoms with Gasteiger partial charge in [0.25, 0.3) is 5.91 Å². The summed E-state index contributed by atoms with van der Waals surface area (Å²) in [5.74, 6) is -2.79. The molecule has 2 aromatic rings. The molecule has 2 aliphatic rings. The van der Waals surface area contributed by atoms with E-state index in [-0.39, 0.29) is 11.4 Å². The van der Waals surface area contributed by atoms with Crippen LogP contribution in [-0.4, -0.2) is 55.0 Å². The highest BCUT2D eigenvalue weighted by Gasteiger charge is 2.37. The Morgan fingerprint density at radius 3 is 2.45 bits per heavy atom. The van der Waals surface area contributed by atoms with Crippen molar-refractivity contribution in [2.45, 2.75) is 37.6 Å². The molecule has 0 aromatic heterocycles. The third kappa shape index (κ3) is 5.53. The van der Waals surface area contributed by atoms with Crippen molar-refractivity contribution >= 4 is 11.9 Å². The molecular weight excluding hydrogens is 495 g/mol. The van der Waals surface area contributed by atoms with Crippen molar-refractivity contribution in [2.75, 3.05) is 33.2 Å². The molecule has 1 saturated heterocycles. The van der Waals surface area contributed by atoms with E-state index in [2.05, 4.69) is 21.6 Å². The molecule has 1 atom stereocenters. The second-order valence-corrected chi connectivity index (χ2v) is 9.81. The van der Waals surface area contributed by atoms with Crippen molar-refractivity contribution in [1.82, 2.24) is 20.4 Å². The van der Waals surface area contributed by atoms with Gasteiger partial charge in [-0.05, 0) is 81.2 Å². The van der Waals surface area contributed by atoms with Gasteiger partial charge in [0.2, 0.25) is 0 Å². The van der Waals surface area contributed by atoms with Gasteiger partial charge >= 0.3 is 6.03 Å². The predicted octanol–water partition coefficient (Wildman–Crippen LogP) is 4.14. The molecule has 7 nitrogen and oxygen atoms in total. The highest BCUT2D eigenvalue weighted by atomic mass is 19.2. The summed E-state index contributed by atoms with van der Waals surface area (Å²) in [5, 5.41) is 15.4. The van der Waals surface area contributed by atoms with Crippen LogP contribution < -0.4 is 10.6 Å². The highest BCUT2D eigenvalue weighted by Crippen LogP contribution is 2.35. The minimum Gasteiger partial charge on any atom is -0.352 e. The number of nitrogens with one attached hydrogen (secondary N) is 2. The smallest absolute Gasteiger partial charge is 0.322 e. The molecule has 0 spiro atoms. The SMILES string of the molecule is CC1=C(C(=O)NCCCN2CCC(C#N)(c3ccc(F)cc3)CC2)C(c2ccc(F)c(F)c2)N(C)C(=O)N1. The van der Waals surface area contributed by atoms with Crippen LogP contribution in [0.2, 0.25) is 0 Å². The molecule has 1 fully saturated rings. The predicted molar refractivity (Wildman–Crippen MR) is 135 cm³/mol. The molecule has 3 amide bonds. The van der Waals surface area contributed by atoms with Gasteiger partial charge in [-0.1, -0.05) is 18.2 Å². The van der Waals surface area contributed by atoms with Crippen molar-refractivity contribution in [2.24, 2.45) is 0 Å². The lowest BCUT2D eigenvalue weighted by Gasteiger charge is -2.37. The summed E-state index contributed by atoms with van der Waals surface area (Å²) >= 11 is 0. The van der Waals surface area contributed by atoms with Crippen LogP contribution in [0.4, 0.5) is 18.0 Å². The fraction of sp³-hybridized carbons (Fsp3) is 0.393. The number of allylic oxidation sites excluding steroid dienone is 1. The number of rotatable bonds is 7. The Morgan fingerprint density at radius 1 is 1.13 bits per heavy atom. The molecule has 200 valence electrons. The zero-order chi connectivity index (χ0) is 27.4. The van der Waals surface area contributed by atoms with Crippen LogP contribution >= 0.6 is 0 Å². The second-order valence-electron chi connectivity index (χ2n) is 9.81. The number of carbonyl (C=O) groups is 2. The first-order valence-electron chi connectivity index (χ1n) is 12.5. The topological polar surface area (TPSA) is 88.5 Å². The number of amides is 3. The molecule has 1 unspecified atom stereocenters. The average molecular weight is 526 g/mol. The summed E-state index contributed by atoms with van der Waals surface area (Å²) < 4.78 is 40.8. The van der Waals surface area contributed by atoms with Crippen LogP contribution in [0.15, 0.2) is 53.7 Å². The number of nitrogens with zero attached hydrogens (tertiary/aromatic N) is 3. The van der Waals surface area contributed by atoms with Crippen LogP contribution in [0.1, 0.15) is 43.4 Å². The Bertz CT molecular complexity index is 1280. The third-order valence-electron chi connectivity index (χ3n) is 7.44. The maximum absolute atomic E-state index is 13.9. The quantitative estimate of drug-likeness (QED) is 0.532. The summed E-state index contributed by atoms with van der Waals surface area (Å²) in [6.45, 7) is 4.10. The first-order chi connectivity index (χ1) is 18.1. The minimum atomic E-state index is -1.05. The van der Waals surface area contributed by atoms with E-state index in [1.165, 1.54) is 30.1 Å².